The number of hydrogen-bond donors (Lipinski definition) is 1. The topological polar surface area (TPSA) is 103 Å². The summed E-state index contributed by atoms with van der Waals surface area (Å²) in [4.78, 5) is 28.0. The molecule has 10 heteroatoms. The highest BCUT2D eigenvalue weighted by molar-refractivity contribution is 9.10. The third-order valence-electron chi connectivity index (χ3n) is 5.53. The van der Waals surface area contributed by atoms with Crippen LogP contribution >= 0.6 is 27.7 Å². The molecule has 0 radical (unpaired) electrons. The first-order chi connectivity index (χ1) is 15.5. The Morgan fingerprint density at radius 3 is 2.78 bits per heavy atom. The molecule has 1 N–H and O–H groups in total. The van der Waals surface area contributed by atoms with Crippen molar-refractivity contribution in [3.63, 3.8) is 0 Å². The number of non-ortho nitro benzene ring substituents is 1. The van der Waals surface area contributed by atoms with Gasteiger partial charge in [0.15, 0.2) is 5.78 Å². The maximum absolute atomic E-state index is 12.9. The summed E-state index contributed by atoms with van der Waals surface area (Å²) in [7, 11) is 0. The molecule has 0 spiro atoms. The van der Waals surface area contributed by atoms with Crippen molar-refractivity contribution in [3.8, 4) is 0 Å². The Balaban J connectivity index is 1.45. The van der Waals surface area contributed by atoms with Crippen LogP contribution in [0.25, 0.3) is 0 Å². The van der Waals surface area contributed by atoms with Gasteiger partial charge in [-0.1, -0.05) is 52.0 Å². The number of nitrogens with one attached hydrogen (secondary N) is 1. The standard InChI is InChI=1S/C22H18BrN5O3S/c23-15-4-1-3-14(11-15)20-19-17(5-2-6-18(19)29)24-21-25-22(26-27(20)21)32-12-13-7-9-16(10-8-13)28(30)31/h1,3-4,7-11,20H,2,5-6,12H2,(H,24,25,26)/t20-/m1/s1. The van der Waals surface area contributed by atoms with Crippen molar-refractivity contribution in [3.05, 3.63) is 85.5 Å². The zero-order valence-electron chi connectivity index (χ0n) is 16.8. The highest BCUT2D eigenvalue weighted by atomic mass is 79.9. The number of benzene rings is 2. The minimum atomic E-state index is -0.411. The van der Waals surface area contributed by atoms with Gasteiger partial charge in [0.1, 0.15) is 6.04 Å². The second kappa shape index (κ2) is 8.51. The minimum absolute atomic E-state index is 0.0664. The van der Waals surface area contributed by atoms with Crippen LogP contribution in [0.5, 0.6) is 0 Å². The Morgan fingerprint density at radius 1 is 1.22 bits per heavy atom. The Kier molecular flexibility index (Phi) is 5.56. The van der Waals surface area contributed by atoms with Gasteiger partial charge in [0.2, 0.25) is 11.1 Å². The first kappa shape index (κ1) is 20.9. The van der Waals surface area contributed by atoms with Gasteiger partial charge in [-0.05, 0) is 36.1 Å². The van der Waals surface area contributed by atoms with Crippen molar-refractivity contribution in [1.82, 2.24) is 14.8 Å². The number of carbonyl (C=O) groups excluding carboxylic acids is 1. The molecule has 8 nitrogen and oxygen atoms in total. The van der Waals surface area contributed by atoms with E-state index in [1.807, 2.05) is 24.3 Å². The fraction of sp³-hybridized carbons (Fsp3) is 0.227. The first-order valence-corrected chi connectivity index (χ1v) is 11.9. The predicted molar refractivity (Wildman–Crippen MR) is 124 cm³/mol. The molecule has 2 heterocycles. The smallest absolute Gasteiger partial charge is 0.269 e. The van der Waals surface area contributed by atoms with Crippen molar-refractivity contribution < 1.29 is 9.72 Å². The first-order valence-electron chi connectivity index (χ1n) is 10.1. The third-order valence-corrected chi connectivity index (χ3v) is 6.93. The van der Waals surface area contributed by atoms with Crippen LogP contribution in [0.3, 0.4) is 0 Å². The van der Waals surface area contributed by atoms with E-state index in [1.165, 1.54) is 23.9 Å². The number of rotatable bonds is 5. The molecule has 32 heavy (non-hydrogen) atoms. The fourth-order valence-electron chi connectivity index (χ4n) is 4.04. The fourth-order valence-corrected chi connectivity index (χ4v) is 5.25. The van der Waals surface area contributed by atoms with Gasteiger partial charge in [-0.2, -0.15) is 4.98 Å². The molecule has 1 aliphatic carbocycles. The summed E-state index contributed by atoms with van der Waals surface area (Å²) in [6.07, 6.45) is 2.17. The van der Waals surface area contributed by atoms with E-state index in [9.17, 15) is 14.9 Å². The molecule has 1 aliphatic heterocycles. The summed E-state index contributed by atoms with van der Waals surface area (Å²) in [6.45, 7) is 0. The van der Waals surface area contributed by atoms with Crippen LogP contribution in [-0.2, 0) is 10.5 Å². The molecular formula is C22H18BrN5O3S. The van der Waals surface area contributed by atoms with Crippen LogP contribution in [0.4, 0.5) is 11.6 Å². The molecule has 0 unspecified atom stereocenters. The molecule has 0 saturated carbocycles. The normalized spacial score (nSPS) is 17.5. The van der Waals surface area contributed by atoms with E-state index in [4.69, 9.17) is 5.10 Å². The number of aromatic nitrogens is 3. The summed E-state index contributed by atoms with van der Waals surface area (Å²) in [5, 5.41) is 19.5. The summed E-state index contributed by atoms with van der Waals surface area (Å²) in [5.74, 6) is 1.34. The molecule has 0 fully saturated rings. The number of thioether (sulfide) groups is 1. The van der Waals surface area contributed by atoms with Crippen LogP contribution in [-0.4, -0.2) is 25.5 Å². The van der Waals surface area contributed by atoms with Gasteiger partial charge < -0.3 is 5.32 Å². The molecule has 3 aromatic rings. The highest BCUT2D eigenvalue weighted by Gasteiger charge is 2.36. The van der Waals surface area contributed by atoms with Gasteiger partial charge in [0.05, 0.1) is 4.92 Å². The highest BCUT2D eigenvalue weighted by Crippen LogP contribution is 2.41. The Morgan fingerprint density at radius 2 is 2.03 bits per heavy atom. The average molecular weight is 512 g/mol. The number of Topliss-reactive ketones (excluding diaryl/α,β-unsaturated/α-hetero) is 1. The molecule has 162 valence electrons. The van der Waals surface area contributed by atoms with Gasteiger partial charge in [-0.3, -0.25) is 14.9 Å². The minimum Gasteiger partial charge on any atom is -0.328 e. The van der Waals surface area contributed by atoms with E-state index < -0.39 is 4.92 Å². The van der Waals surface area contributed by atoms with E-state index in [1.54, 1.807) is 16.8 Å². The van der Waals surface area contributed by atoms with Crippen LogP contribution in [0, 0.1) is 10.1 Å². The molecule has 0 amide bonds. The Hall–Kier alpha value is -2.98. The molecule has 0 bridgehead atoms. The number of carbonyl (C=O) groups is 1. The average Bonchev–Trinajstić information content (AvgIpc) is 3.19. The van der Waals surface area contributed by atoms with Crippen molar-refractivity contribution >= 4 is 45.1 Å². The maximum atomic E-state index is 12.9. The van der Waals surface area contributed by atoms with Crippen LogP contribution in [0.15, 0.2) is 69.4 Å². The van der Waals surface area contributed by atoms with Gasteiger partial charge >= 0.3 is 0 Å². The lowest BCUT2D eigenvalue weighted by atomic mass is 9.85. The summed E-state index contributed by atoms with van der Waals surface area (Å²) in [5.41, 5.74) is 3.67. The van der Waals surface area contributed by atoms with E-state index in [-0.39, 0.29) is 17.5 Å². The summed E-state index contributed by atoms with van der Waals surface area (Å²) >= 11 is 4.98. The van der Waals surface area contributed by atoms with E-state index in [0.29, 0.717) is 23.3 Å². The largest absolute Gasteiger partial charge is 0.328 e. The Labute approximate surface area is 196 Å². The molecule has 0 saturated heterocycles. The lowest BCUT2D eigenvalue weighted by Gasteiger charge is -2.32. The lowest BCUT2D eigenvalue weighted by molar-refractivity contribution is -0.384. The second-order valence-electron chi connectivity index (χ2n) is 7.63. The number of nitro benzene ring substituents is 1. The van der Waals surface area contributed by atoms with Crippen LogP contribution < -0.4 is 5.32 Å². The maximum Gasteiger partial charge on any atom is 0.269 e. The van der Waals surface area contributed by atoms with Gasteiger partial charge in [-0.25, -0.2) is 4.68 Å². The number of nitro groups is 1. The third kappa shape index (κ3) is 3.95. The summed E-state index contributed by atoms with van der Waals surface area (Å²) < 4.78 is 2.73. The number of nitrogens with zero attached hydrogens (tertiary/aromatic N) is 4. The molecule has 2 aliphatic rings. The number of allylic oxidation sites excluding steroid dienone is 2. The van der Waals surface area contributed by atoms with E-state index in [2.05, 4.69) is 26.2 Å². The van der Waals surface area contributed by atoms with E-state index >= 15 is 0 Å². The SMILES string of the molecule is O=C1CCCC2=C1[C@@H](c1cccc(Br)c1)n1nc(SCc3ccc([N+](=O)[O-])cc3)nc1N2. The molecule has 1 aromatic heterocycles. The number of ketones is 1. The predicted octanol–water partition coefficient (Wildman–Crippen LogP) is 5.26. The number of fused-ring (bicyclic) bond motifs is 1. The molecule has 5 rings (SSSR count). The van der Waals surface area contributed by atoms with Crippen molar-refractivity contribution in [2.24, 2.45) is 0 Å². The number of anilines is 1. The molecular weight excluding hydrogens is 494 g/mol. The molecule has 2 aromatic carbocycles. The van der Waals surface area contributed by atoms with Gasteiger partial charge in [-0.15, -0.1) is 5.10 Å². The van der Waals surface area contributed by atoms with Crippen molar-refractivity contribution in [2.45, 2.75) is 36.2 Å². The number of hydrogen-bond acceptors (Lipinski definition) is 7. The second-order valence-corrected chi connectivity index (χ2v) is 9.48. The van der Waals surface area contributed by atoms with Gasteiger partial charge in [0.25, 0.3) is 5.69 Å². The number of halogens is 1. The van der Waals surface area contributed by atoms with Gasteiger partial charge in [0, 0.05) is 40.0 Å². The Bertz CT molecular complexity index is 1250. The summed E-state index contributed by atoms with van der Waals surface area (Å²) in [6, 6.07) is 14.1. The zero-order valence-corrected chi connectivity index (χ0v) is 19.2. The van der Waals surface area contributed by atoms with Crippen LogP contribution in [0.1, 0.15) is 36.4 Å². The van der Waals surface area contributed by atoms with Crippen LogP contribution in [0.2, 0.25) is 0 Å². The lowest BCUT2D eigenvalue weighted by Crippen LogP contribution is -2.31. The van der Waals surface area contributed by atoms with Crippen molar-refractivity contribution in [2.75, 3.05) is 5.32 Å². The quantitative estimate of drug-likeness (QED) is 0.283. The van der Waals surface area contributed by atoms with Crippen molar-refractivity contribution in [1.29, 1.82) is 0 Å². The zero-order chi connectivity index (χ0) is 22.2. The monoisotopic (exact) mass is 511 g/mol. The molecule has 1 atom stereocenters. The van der Waals surface area contributed by atoms with E-state index in [0.717, 1.165) is 39.7 Å².